The van der Waals surface area contributed by atoms with E-state index in [0.717, 1.165) is 6.42 Å². The van der Waals surface area contributed by atoms with Gasteiger partial charge in [-0.1, -0.05) is 6.92 Å². The summed E-state index contributed by atoms with van der Waals surface area (Å²) in [6, 6.07) is 11.7. The van der Waals surface area contributed by atoms with Crippen LogP contribution in [0.2, 0.25) is 0 Å². The van der Waals surface area contributed by atoms with Crippen molar-refractivity contribution < 1.29 is 23.8 Å². The molecule has 3 N–H and O–H groups in total. The summed E-state index contributed by atoms with van der Waals surface area (Å²) in [6.07, 6.45) is 0.880. The van der Waals surface area contributed by atoms with Crippen LogP contribution in [0.5, 0.6) is 17.2 Å². The van der Waals surface area contributed by atoms with E-state index in [1.165, 1.54) is 0 Å². The summed E-state index contributed by atoms with van der Waals surface area (Å²) in [7, 11) is 1.56. The second-order valence-corrected chi connectivity index (χ2v) is 7.18. The van der Waals surface area contributed by atoms with Crippen LogP contribution in [-0.4, -0.2) is 37.3 Å². The quantitative estimate of drug-likeness (QED) is 0.382. The van der Waals surface area contributed by atoms with Gasteiger partial charge in [-0.3, -0.25) is 25.8 Å². The Morgan fingerprint density at radius 1 is 1.03 bits per heavy atom. The molecule has 10 heteroatoms. The lowest BCUT2D eigenvalue weighted by molar-refractivity contribution is -0.123. The molecule has 0 aliphatic heterocycles. The number of amides is 2. The van der Waals surface area contributed by atoms with Gasteiger partial charge in [0.15, 0.2) is 11.7 Å². The number of benzene rings is 2. The number of halogens is 1. The molecule has 0 bridgehead atoms. The van der Waals surface area contributed by atoms with Gasteiger partial charge in [0.05, 0.1) is 18.2 Å². The first-order valence-corrected chi connectivity index (χ1v) is 10.2. The lowest BCUT2D eigenvalue weighted by atomic mass is 10.2. The normalized spacial score (nSPS) is 9.97. The van der Waals surface area contributed by atoms with Crippen LogP contribution >= 0.6 is 28.1 Å². The number of hydrazine groups is 1. The molecule has 30 heavy (non-hydrogen) atoms. The first-order valence-electron chi connectivity index (χ1n) is 9.02. The highest BCUT2D eigenvalue weighted by atomic mass is 79.9. The summed E-state index contributed by atoms with van der Waals surface area (Å²) in [6.45, 7) is 2.36. The van der Waals surface area contributed by atoms with Crippen LogP contribution in [0.3, 0.4) is 0 Å². The van der Waals surface area contributed by atoms with Gasteiger partial charge in [-0.2, -0.15) is 0 Å². The third-order valence-electron chi connectivity index (χ3n) is 3.63. The zero-order chi connectivity index (χ0) is 21.9. The number of carbonyl (C=O) groups excluding carboxylic acids is 2. The van der Waals surface area contributed by atoms with Gasteiger partial charge in [0.25, 0.3) is 11.8 Å². The van der Waals surface area contributed by atoms with Crippen LogP contribution < -0.4 is 30.4 Å². The molecule has 0 aliphatic carbocycles. The van der Waals surface area contributed by atoms with E-state index in [4.69, 9.17) is 26.4 Å². The number of hydrogen-bond acceptors (Lipinski definition) is 6. The van der Waals surface area contributed by atoms with Crippen molar-refractivity contribution in [1.82, 2.24) is 16.2 Å². The number of ether oxygens (including phenoxy) is 3. The van der Waals surface area contributed by atoms with Gasteiger partial charge in [0, 0.05) is 5.56 Å². The zero-order valence-electron chi connectivity index (χ0n) is 16.5. The predicted octanol–water partition coefficient (Wildman–Crippen LogP) is 2.96. The monoisotopic (exact) mass is 495 g/mol. The molecule has 0 spiro atoms. The minimum absolute atomic E-state index is 0.0553. The van der Waals surface area contributed by atoms with Gasteiger partial charge in [-0.15, -0.1) is 0 Å². The van der Waals surface area contributed by atoms with Crippen LogP contribution in [0.15, 0.2) is 46.9 Å². The second-order valence-electron chi connectivity index (χ2n) is 5.91. The van der Waals surface area contributed by atoms with Crippen molar-refractivity contribution in [1.29, 1.82) is 0 Å². The summed E-state index contributed by atoms with van der Waals surface area (Å²) >= 11 is 8.40. The number of methoxy groups -OCH3 is 1. The maximum Gasteiger partial charge on any atom is 0.276 e. The van der Waals surface area contributed by atoms with Crippen LogP contribution in [0.1, 0.15) is 23.7 Å². The minimum Gasteiger partial charge on any atom is -0.497 e. The van der Waals surface area contributed by atoms with Crippen molar-refractivity contribution in [3.8, 4) is 17.2 Å². The van der Waals surface area contributed by atoms with E-state index in [0.29, 0.717) is 33.9 Å². The topological polar surface area (TPSA) is 97.9 Å². The van der Waals surface area contributed by atoms with Gasteiger partial charge < -0.3 is 14.2 Å². The maximum atomic E-state index is 12.3. The fourth-order valence-corrected chi connectivity index (χ4v) is 2.80. The molecule has 0 saturated heterocycles. The Morgan fingerprint density at radius 3 is 2.37 bits per heavy atom. The highest BCUT2D eigenvalue weighted by Crippen LogP contribution is 2.26. The molecular formula is C20H22BrN3O5S. The molecule has 2 rings (SSSR count). The molecule has 2 aromatic carbocycles. The Labute approximate surface area is 188 Å². The lowest BCUT2D eigenvalue weighted by Crippen LogP contribution is -2.49. The third-order valence-corrected chi connectivity index (χ3v) is 4.45. The minimum atomic E-state index is -0.470. The van der Waals surface area contributed by atoms with Crippen molar-refractivity contribution in [3.05, 3.63) is 52.5 Å². The first kappa shape index (κ1) is 23.4. The molecular weight excluding hydrogens is 474 g/mol. The Morgan fingerprint density at radius 2 is 1.73 bits per heavy atom. The van der Waals surface area contributed by atoms with Gasteiger partial charge in [0.2, 0.25) is 0 Å². The number of nitrogens with one attached hydrogen (secondary N) is 3. The van der Waals surface area contributed by atoms with Gasteiger partial charge in [0.1, 0.15) is 17.2 Å². The van der Waals surface area contributed by atoms with Crippen molar-refractivity contribution >= 4 is 45.1 Å². The van der Waals surface area contributed by atoms with Crippen LogP contribution in [0.25, 0.3) is 0 Å². The average Bonchev–Trinajstić information content (AvgIpc) is 2.75. The van der Waals surface area contributed by atoms with E-state index in [9.17, 15) is 9.59 Å². The molecule has 2 amide bonds. The van der Waals surface area contributed by atoms with E-state index < -0.39 is 11.8 Å². The Hall–Kier alpha value is -2.85. The maximum absolute atomic E-state index is 12.3. The average molecular weight is 496 g/mol. The highest BCUT2D eigenvalue weighted by molar-refractivity contribution is 9.10. The van der Waals surface area contributed by atoms with Crippen molar-refractivity contribution in [3.63, 3.8) is 0 Å². The molecule has 0 heterocycles. The highest BCUT2D eigenvalue weighted by Gasteiger charge is 2.11. The molecule has 0 aliphatic rings. The van der Waals surface area contributed by atoms with E-state index >= 15 is 0 Å². The summed E-state index contributed by atoms with van der Waals surface area (Å²) in [4.78, 5) is 24.1. The predicted molar refractivity (Wildman–Crippen MR) is 120 cm³/mol. The summed E-state index contributed by atoms with van der Waals surface area (Å²) in [5, 5.41) is 2.42. The van der Waals surface area contributed by atoms with E-state index in [-0.39, 0.29) is 11.7 Å². The standard InChI is InChI=1S/C20H22BrN3O5S/c1-3-10-28-17-9-4-13(11-16(17)21)19(26)22-20(30)24-23-18(25)12-29-15-7-5-14(27-2)6-8-15/h4-9,11H,3,10,12H2,1-2H3,(H,23,25)(H2,22,24,26,30). The molecule has 0 fully saturated rings. The number of thiocarbonyl (C=S) groups is 1. The summed E-state index contributed by atoms with van der Waals surface area (Å²) in [5.41, 5.74) is 5.19. The molecule has 0 aromatic heterocycles. The largest absolute Gasteiger partial charge is 0.497 e. The Bertz CT molecular complexity index is 893. The molecule has 0 radical (unpaired) electrons. The second kappa shape index (κ2) is 12.0. The van der Waals surface area contributed by atoms with Crippen molar-refractivity contribution in [2.45, 2.75) is 13.3 Å². The molecule has 160 valence electrons. The van der Waals surface area contributed by atoms with Gasteiger partial charge in [-0.25, -0.2) is 0 Å². The van der Waals surface area contributed by atoms with Crippen LogP contribution in [0.4, 0.5) is 0 Å². The van der Waals surface area contributed by atoms with Gasteiger partial charge in [-0.05, 0) is 77.0 Å². The van der Waals surface area contributed by atoms with Crippen LogP contribution in [0, 0.1) is 0 Å². The van der Waals surface area contributed by atoms with E-state index in [1.807, 2.05) is 6.92 Å². The Kier molecular flexibility index (Phi) is 9.36. The summed E-state index contributed by atoms with van der Waals surface area (Å²) < 4.78 is 16.6. The third kappa shape index (κ3) is 7.53. The molecule has 0 unspecified atom stereocenters. The number of hydrogen-bond donors (Lipinski definition) is 3. The van der Waals surface area contributed by atoms with Crippen molar-refractivity contribution in [2.24, 2.45) is 0 Å². The smallest absolute Gasteiger partial charge is 0.276 e. The first-order chi connectivity index (χ1) is 14.4. The van der Waals surface area contributed by atoms with E-state index in [1.54, 1.807) is 49.6 Å². The van der Waals surface area contributed by atoms with Crippen LogP contribution in [-0.2, 0) is 4.79 Å². The SMILES string of the molecule is CCCOc1ccc(C(=O)NC(=S)NNC(=O)COc2ccc(OC)cc2)cc1Br. The Balaban J connectivity index is 1.75. The summed E-state index contributed by atoms with van der Waals surface area (Å²) in [5.74, 6) is 0.947. The zero-order valence-corrected chi connectivity index (χ0v) is 18.9. The molecule has 2 aromatic rings. The molecule has 0 saturated carbocycles. The van der Waals surface area contributed by atoms with E-state index in [2.05, 4.69) is 32.1 Å². The molecule has 0 atom stereocenters. The number of carbonyl (C=O) groups is 2. The van der Waals surface area contributed by atoms with Crippen molar-refractivity contribution in [2.75, 3.05) is 20.3 Å². The fourth-order valence-electron chi connectivity index (χ4n) is 2.16. The fraction of sp³-hybridized carbons (Fsp3) is 0.250. The van der Waals surface area contributed by atoms with Gasteiger partial charge >= 0.3 is 0 Å². The molecule has 8 nitrogen and oxygen atoms in total. The number of rotatable bonds is 8. The lowest BCUT2D eigenvalue weighted by Gasteiger charge is -2.12.